The van der Waals surface area contributed by atoms with Gasteiger partial charge < -0.3 is 0 Å². The summed E-state index contributed by atoms with van der Waals surface area (Å²) >= 11 is 1.68. The van der Waals surface area contributed by atoms with E-state index in [-0.39, 0.29) is 0 Å². The van der Waals surface area contributed by atoms with E-state index in [1.54, 1.807) is 21.7 Å². The van der Waals surface area contributed by atoms with E-state index in [9.17, 15) is 8.42 Å². The van der Waals surface area contributed by atoms with Crippen molar-refractivity contribution in [2.45, 2.75) is 25.7 Å². The highest BCUT2D eigenvalue weighted by atomic mass is 32.2. The fraction of sp³-hybridized carbons (Fsp3) is 0.353. The Morgan fingerprint density at radius 1 is 1.22 bits per heavy atom. The van der Waals surface area contributed by atoms with E-state index in [0.717, 1.165) is 29.1 Å². The second kappa shape index (κ2) is 6.95. The molecule has 0 saturated carbocycles. The highest BCUT2D eigenvalue weighted by Crippen LogP contribution is 2.31. The van der Waals surface area contributed by atoms with Crippen molar-refractivity contribution in [3.05, 3.63) is 57.4 Å². The molecule has 2 heterocycles. The first-order valence-corrected chi connectivity index (χ1v) is 10.1. The Hall–Kier alpha value is -1.50. The Kier molecular flexibility index (Phi) is 4.94. The Morgan fingerprint density at radius 2 is 1.91 bits per heavy atom. The summed E-state index contributed by atoms with van der Waals surface area (Å²) < 4.78 is 26.4. The quantitative estimate of drug-likeness (QED) is 0.848. The van der Waals surface area contributed by atoms with Crippen LogP contribution in [0.25, 0.3) is 6.08 Å². The number of hydrogen-bond donors (Lipinski definition) is 0. The van der Waals surface area contributed by atoms with Crippen LogP contribution in [0.2, 0.25) is 0 Å². The first kappa shape index (κ1) is 16.4. The molecule has 3 rings (SSSR count). The standard InChI is InChI=1S/C17H20N2O2S2/c1-14-13-22-17(18-14)16-7-10-19(11-8-16)23(20,21)12-9-15-5-3-2-4-6-15/h2-6,9,12-13,16H,7-8,10-11H2,1H3/b12-9+. The van der Waals surface area contributed by atoms with Gasteiger partial charge in [0.2, 0.25) is 10.0 Å². The number of piperidine rings is 1. The molecule has 0 atom stereocenters. The van der Waals surface area contributed by atoms with Crippen molar-refractivity contribution in [2.24, 2.45) is 0 Å². The molecule has 4 nitrogen and oxygen atoms in total. The number of thiazole rings is 1. The zero-order chi connectivity index (χ0) is 16.3. The van der Waals surface area contributed by atoms with Gasteiger partial charge in [0.1, 0.15) is 0 Å². The number of hydrogen-bond acceptors (Lipinski definition) is 4. The molecule has 1 aromatic carbocycles. The highest BCUT2D eigenvalue weighted by molar-refractivity contribution is 7.92. The predicted molar refractivity (Wildman–Crippen MR) is 94.8 cm³/mol. The Balaban J connectivity index is 1.63. The molecule has 122 valence electrons. The second-order valence-electron chi connectivity index (χ2n) is 5.76. The Bertz CT molecular complexity index is 774. The molecule has 6 heteroatoms. The first-order valence-electron chi connectivity index (χ1n) is 7.70. The maximum absolute atomic E-state index is 12.4. The third-order valence-electron chi connectivity index (χ3n) is 4.03. The first-order chi connectivity index (χ1) is 11.0. The third-order valence-corrected chi connectivity index (χ3v) is 6.72. The second-order valence-corrected chi connectivity index (χ2v) is 8.47. The summed E-state index contributed by atoms with van der Waals surface area (Å²) in [5, 5.41) is 4.51. The highest BCUT2D eigenvalue weighted by Gasteiger charge is 2.28. The van der Waals surface area contributed by atoms with E-state index in [2.05, 4.69) is 10.4 Å². The summed E-state index contributed by atoms with van der Waals surface area (Å²) in [6, 6.07) is 9.49. The van der Waals surface area contributed by atoms with Gasteiger partial charge in [-0.05, 0) is 31.4 Å². The Labute approximate surface area is 141 Å². The van der Waals surface area contributed by atoms with Crippen molar-refractivity contribution in [1.82, 2.24) is 9.29 Å². The molecule has 0 N–H and O–H groups in total. The van der Waals surface area contributed by atoms with Crippen LogP contribution in [0.5, 0.6) is 0 Å². The number of rotatable bonds is 4. The molecule has 1 aliphatic rings. The van der Waals surface area contributed by atoms with Gasteiger partial charge in [-0.25, -0.2) is 13.4 Å². The van der Waals surface area contributed by atoms with Crippen LogP contribution >= 0.6 is 11.3 Å². The van der Waals surface area contributed by atoms with E-state index in [1.165, 1.54) is 5.41 Å². The number of benzene rings is 1. The SMILES string of the molecule is Cc1csc(C2CCN(S(=O)(=O)/C=C/c3ccccc3)CC2)n1. The van der Waals surface area contributed by atoms with Crippen molar-refractivity contribution in [3.8, 4) is 0 Å². The van der Waals surface area contributed by atoms with Crippen LogP contribution < -0.4 is 0 Å². The van der Waals surface area contributed by atoms with Crippen molar-refractivity contribution in [3.63, 3.8) is 0 Å². The maximum Gasteiger partial charge on any atom is 0.236 e. The number of sulfonamides is 1. The Morgan fingerprint density at radius 3 is 2.52 bits per heavy atom. The fourth-order valence-corrected chi connectivity index (χ4v) is 4.92. The summed E-state index contributed by atoms with van der Waals surface area (Å²) in [6.07, 6.45) is 3.34. The molecule has 1 fully saturated rings. The van der Waals surface area contributed by atoms with Crippen molar-refractivity contribution in [1.29, 1.82) is 0 Å². The van der Waals surface area contributed by atoms with Crippen molar-refractivity contribution in [2.75, 3.05) is 13.1 Å². The van der Waals surface area contributed by atoms with Crippen molar-refractivity contribution >= 4 is 27.4 Å². The van der Waals surface area contributed by atoms with Gasteiger partial charge in [-0.2, -0.15) is 4.31 Å². The zero-order valence-corrected chi connectivity index (χ0v) is 14.7. The van der Waals surface area contributed by atoms with Crippen LogP contribution in [0, 0.1) is 6.92 Å². The molecule has 1 saturated heterocycles. The summed E-state index contributed by atoms with van der Waals surface area (Å²) in [6.45, 7) is 3.11. The molecule has 2 aromatic rings. The van der Waals surface area contributed by atoms with Gasteiger partial charge in [-0.3, -0.25) is 0 Å². The molecule has 1 aliphatic heterocycles. The average molecular weight is 348 g/mol. The lowest BCUT2D eigenvalue weighted by atomic mass is 9.99. The number of nitrogens with zero attached hydrogens (tertiary/aromatic N) is 2. The van der Waals surface area contributed by atoms with E-state index in [0.29, 0.717) is 19.0 Å². The third kappa shape index (κ3) is 4.07. The molecule has 0 unspecified atom stereocenters. The number of aromatic nitrogens is 1. The van der Waals surface area contributed by atoms with Crippen LogP contribution in [0.4, 0.5) is 0 Å². The van der Waals surface area contributed by atoms with Gasteiger partial charge in [0.15, 0.2) is 0 Å². The van der Waals surface area contributed by atoms with Gasteiger partial charge in [0.05, 0.1) is 5.01 Å². The largest absolute Gasteiger partial charge is 0.246 e. The van der Waals surface area contributed by atoms with Crippen LogP contribution in [0.15, 0.2) is 41.1 Å². The summed E-state index contributed by atoms with van der Waals surface area (Å²) in [5.41, 5.74) is 1.94. The van der Waals surface area contributed by atoms with Crippen LogP contribution in [0.1, 0.15) is 35.0 Å². The summed E-state index contributed by atoms with van der Waals surface area (Å²) in [7, 11) is -3.35. The smallest absolute Gasteiger partial charge is 0.236 e. The molecular weight excluding hydrogens is 328 g/mol. The molecular formula is C17H20N2O2S2. The van der Waals surface area contributed by atoms with E-state index in [1.807, 2.05) is 37.3 Å². The molecule has 0 aliphatic carbocycles. The van der Waals surface area contributed by atoms with Gasteiger partial charge >= 0.3 is 0 Å². The fourth-order valence-electron chi connectivity index (χ4n) is 2.73. The van der Waals surface area contributed by atoms with Crippen molar-refractivity contribution < 1.29 is 8.42 Å². The topological polar surface area (TPSA) is 50.3 Å². The maximum atomic E-state index is 12.4. The van der Waals surface area contributed by atoms with Gasteiger partial charge in [-0.1, -0.05) is 30.3 Å². The van der Waals surface area contributed by atoms with Gasteiger partial charge in [-0.15, -0.1) is 11.3 Å². The normalized spacial score (nSPS) is 17.8. The predicted octanol–water partition coefficient (Wildman–Crippen LogP) is 3.63. The monoisotopic (exact) mass is 348 g/mol. The van der Waals surface area contributed by atoms with E-state index >= 15 is 0 Å². The molecule has 0 spiro atoms. The van der Waals surface area contributed by atoms with Gasteiger partial charge in [0.25, 0.3) is 0 Å². The van der Waals surface area contributed by atoms with Crippen LogP contribution in [-0.4, -0.2) is 30.8 Å². The molecule has 0 bridgehead atoms. The molecule has 23 heavy (non-hydrogen) atoms. The minimum Gasteiger partial charge on any atom is -0.246 e. The minimum absolute atomic E-state index is 0.387. The lowest BCUT2D eigenvalue weighted by Crippen LogP contribution is -2.36. The van der Waals surface area contributed by atoms with Crippen LogP contribution in [0.3, 0.4) is 0 Å². The lowest BCUT2D eigenvalue weighted by Gasteiger charge is -2.29. The summed E-state index contributed by atoms with van der Waals surface area (Å²) in [5.74, 6) is 0.387. The molecule has 0 radical (unpaired) electrons. The minimum atomic E-state index is -3.35. The zero-order valence-electron chi connectivity index (χ0n) is 13.1. The molecule has 0 amide bonds. The van der Waals surface area contributed by atoms with E-state index in [4.69, 9.17) is 0 Å². The van der Waals surface area contributed by atoms with Crippen LogP contribution in [-0.2, 0) is 10.0 Å². The number of aryl methyl sites for hydroxylation is 1. The lowest BCUT2D eigenvalue weighted by molar-refractivity contribution is 0.322. The average Bonchev–Trinajstić information content (AvgIpc) is 3.01. The van der Waals surface area contributed by atoms with Gasteiger partial charge in [0, 0.05) is 35.5 Å². The van der Waals surface area contributed by atoms with E-state index < -0.39 is 10.0 Å². The summed E-state index contributed by atoms with van der Waals surface area (Å²) in [4.78, 5) is 4.53. The molecule has 1 aromatic heterocycles.